The van der Waals surface area contributed by atoms with Crippen LogP contribution in [0.2, 0.25) is 0 Å². The zero-order valence-electron chi connectivity index (χ0n) is 11.7. The molecule has 0 unspecified atom stereocenters. The van der Waals surface area contributed by atoms with Crippen molar-refractivity contribution < 1.29 is 8.42 Å². The Balaban J connectivity index is 2.05. The summed E-state index contributed by atoms with van der Waals surface area (Å²) in [6.07, 6.45) is 2.51. The molecule has 3 heterocycles. The number of nitrogens with two attached hydrogens (primary N) is 1. The number of sulfonamides is 1. The number of hydrazine groups is 1. The van der Waals surface area contributed by atoms with Gasteiger partial charge in [-0.25, -0.2) is 14.3 Å². The zero-order chi connectivity index (χ0) is 15.0. The number of aromatic nitrogens is 2. The van der Waals surface area contributed by atoms with Gasteiger partial charge in [0.05, 0.1) is 0 Å². The second kappa shape index (κ2) is 5.54. The van der Waals surface area contributed by atoms with E-state index in [9.17, 15) is 8.42 Å². The lowest BCUT2D eigenvalue weighted by atomic mass is 10.4. The highest BCUT2D eigenvalue weighted by Gasteiger charge is 2.32. The van der Waals surface area contributed by atoms with Crippen molar-refractivity contribution in [3.05, 3.63) is 11.6 Å². The summed E-state index contributed by atoms with van der Waals surface area (Å²) in [6.45, 7) is 2.60. The van der Waals surface area contributed by atoms with Crippen LogP contribution in [0, 0.1) is 0 Å². The van der Waals surface area contributed by atoms with Gasteiger partial charge in [-0.15, -0.1) is 11.3 Å². The van der Waals surface area contributed by atoms with Crippen LogP contribution >= 0.6 is 11.3 Å². The van der Waals surface area contributed by atoms with Crippen molar-refractivity contribution >= 4 is 32.1 Å². The van der Waals surface area contributed by atoms with E-state index in [1.165, 1.54) is 15.6 Å². The average molecular weight is 330 g/mol. The first kappa shape index (κ1) is 14.7. The van der Waals surface area contributed by atoms with Crippen LogP contribution in [-0.2, 0) is 10.0 Å². The Hall–Kier alpha value is -1.20. The molecule has 116 valence electrons. The van der Waals surface area contributed by atoms with Gasteiger partial charge in [-0.05, 0) is 20.0 Å². The number of imidazole rings is 1. The normalized spacial score (nSPS) is 19.0. The molecule has 3 N–H and O–H groups in total. The minimum Gasteiger partial charge on any atom is -0.306 e. The number of likely N-dealkylation sites (N-methyl/N-ethyl adjacent to an activating group) is 1. The second-order valence-electron chi connectivity index (χ2n) is 5.03. The van der Waals surface area contributed by atoms with Gasteiger partial charge in [0.15, 0.2) is 10.8 Å². The van der Waals surface area contributed by atoms with Crippen LogP contribution in [0.5, 0.6) is 0 Å². The van der Waals surface area contributed by atoms with Crippen LogP contribution in [0.25, 0.3) is 4.96 Å². The number of nitrogens with one attached hydrogen (secondary N) is 1. The fourth-order valence-corrected chi connectivity index (χ4v) is 4.94. The number of thiazole rings is 1. The standard InChI is InChI=1S/C11H18N6O2S2/c1-15-3-2-4-16(6-5-15)21(18,19)10-9(14-12)13-11-17(10)7-8-20-11/h7-8,14H,2-6,12H2,1H3. The van der Waals surface area contributed by atoms with E-state index in [0.29, 0.717) is 18.1 Å². The second-order valence-corrected chi connectivity index (χ2v) is 7.75. The first-order valence-corrected chi connectivity index (χ1v) is 8.97. The molecular weight excluding hydrogens is 312 g/mol. The highest BCUT2D eigenvalue weighted by atomic mass is 32.2. The summed E-state index contributed by atoms with van der Waals surface area (Å²) >= 11 is 1.37. The third-order valence-electron chi connectivity index (χ3n) is 3.62. The molecule has 0 amide bonds. The highest BCUT2D eigenvalue weighted by Crippen LogP contribution is 2.28. The molecule has 10 heteroatoms. The Bertz CT molecular complexity index is 737. The van der Waals surface area contributed by atoms with Crippen LogP contribution in [0.4, 0.5) is 5.82 Å². The fraction of sp³-hybridized carbons (Fsp3) is 0.545. The van der Waals surface area contributed by atoms with Crippen molar-refractivity contribution in [3.8, 4) is 0 Å². The van der Waals surface area contributed by atoms with Gasteiger partial charge in [-0.3, -0.25) is 4.40 Å². The quantitative estimate of drug-likeness (QED) is 0.608. The van der Waals surface area contributed by atoms with E-state index in [2.05, 4.69) is 15.3 Å². The van der Waals surface area contributed by atoms with Crippen molar-refractivity contribution in [3.63, 3.8) is 0 Å². The summed E-state index contributed by atoms with van der Waals surface area (Å²) in [5.41, 5.74) is 2.40. The van der Waals surface area contributed by atoms with E-state index >= 15 is 0 Å². The van der Waals surface area contributed by atoms with Crippen molar-refractivity contribution in [2.75, 3.05) is 38.7 Å². The van der Waals surface area contributed by atoms with Crippen LogP contribution in [0.15, 0.2) is 16.6 Å². The molecule has 3 rings (SSSR count). The van der Waals surface area contributed by atoms with E-state index in [-0.39, 0.29) is 10.8 Å². The summed E-state index contributed by atoms with van der Waals surface area (Å²) in [7, 11) is -1.63. The summed E-state index contributed by atoms with van der Waals surface area (Å²) in [4.78, 5) is 6.96. The molecule has 0 aliphatic carbocycles. The summed E-state index contributed by atoms with van der Waals surface area (Å²) in [6, 6.07) is 0. The van der Waals surface area contributed by atoms with E-state index in [1.54, 1.807) is 16.0 Å². The Kier molecular flexibility index (Phi) is 3.88. The van der Waals surface area contributed by atoms with Crippen molar-refractivity contribution in [2.24, 2.45) is 5.84 Å². The lowest BCUT2D eigenvalue weighted by Crippen LogP contribution is -2.35. The third kappa shape index (κ3) is 2.53. The Morgan fingerprint density at radius 3 is 2.90 bits per heavy atom. The van der Waals surface area contributed by atoms with Gasteiger partial charge in [-0.2, -0.15) is 9.29 Å². The smallest absolute Gasteiger partial charge is 0.263 e. The van der Waals surface area contributed by atoms with Gasteiger partial charge in [0, 0.05) is 31.2 Å². The Morgan fingerprint density at radius 2 is 2.14 bits per heavy atom. The van der Waals surface area contributed by atoms with E-state index in [1.807, 2.05) is 7.05 Å². The summed E-state index contributed by atoms with van der Waals surface area (Å²) in [5, 5.41) is 1.92. The third-order valence-corrected chi connectivity index (χ3v) is 6.30. The minimum absolute atomic E-state index is 0.116. The molecule has 0 atom stereocenters. The molecule has 0 bridgehead atoms. The Morgan fingerprint density at radius 1 is 1.33 bits per heavy atom. The van der Waals surface area contributed by atoms with E-state index in [0.717, 1.165) is 19.5 Å². The molecule has 8 nitrogen and oxygen atoms in total. The largest absolute Gasteiger partial charge is 0.306 e. The van der Waals surface area contributed by atoms with E-state index < -0.39 is 10.0 Å². The number of anilines is 1. The van der Waals surface area contributed by atoms with Crippen LogP contribution in [0.3, 0.4) is 0 Å². The monoisotopic (exact) mass is 330 g/mol. The first-order valence-electron chi connectivity index (χ1n) is 6.65. The number of nitrogen functional groups attached to an aromatic ring is 1. The van der Waals surface area contributed by atoms with Gasteiger partial charge in [0.1, 0.15) is 0 Å². The topological polar surface area (TPSA) is 96.0 Å². The molecule has 21 heavy (non-hydrogen) atoms. The van der Waals surface area contributed by atoms with E-state index in [4.69, 9.17) is 5.84 Å². The van der Waals surface area contributed by atoms with Crippen molar-refractivity contribution in [2.45, 2.75) is 11.4 Å². The summed E-state index contributed by atoms with van der Waals surface area (Å²) < 4.78 is 29.0. The SMILES string of the molecule is CN1CCCN(S(=O)(=O)c2c(NN)nc3sccn23)CC1. The molecule has 0 radical (unpaired) electrons. The number of rotatable bonds is 3. The molecule has 0 spiro atoms. The molecule has 2 aromatic heterocycles. The van der Waals surface area contributed by atoms with Gasteiger partial charge in [-0.1, -0.05) is 0 Å². The minimum atomic E-state index is -3.63. The lowest BCUT2D eigenvalue weighted by Gasteiger charge is -2.20. The maximum Gasteiger partial charge on any atom is 0.263 e. The van der Waals surface area contributed by atoms with Gasteiger partial charge < -0.3 is 10.3 Å². The van der Waals surface area contributed by atoms with Crippen LogP contribution in [-0.4, -0.2) is 60.2 Å². The van der Waals surface area contributed by atoms with Gasteiger partial charge >= 0.3 is 0 Å². The van der Waals surface area contributed by atoms with Gasteiger partial charge in [0.2, 0.25) is 5.03 Å². The van der Waals surface area contributed by atoms with Crippen LogP contribution < -0.4 is 11.3 Å². The van der Waals surface area contributed by atoms with Gasteiger partial charge in [0.25, 0.3) is 10.0 Å². The van der Waals surface area contributed by atoms with Crippen molar-refractivity contribution in [1.82, 2.24) is 18.6 Å². The maximum atomic E-state index is 13.0. The summed E-state index contributed by atoms with van der Waals surface area (Å²) in [5.74, 6) is 5.63. The lowest BCUT2D eigenvalue weighted by molar-refractivity contribution is 0.347. The number of nitrogens with zero attached hydrogens (tertiary/aromatic N) is 4. The maximum absolute atomic E-state index is 13.0. The molecule has 0 saturated carbocycles. The van der Waals surface area contributed by atoms with Crippen molar-refractivity contribution in [1.29, 1.82) is 0 Å². The molecule has 1 saturated heterocycles. The molecule has 1 aliphatic rings. The molecular formula is C11H18N6O2S2. The molecule has 0 aromatic carbocycles. The van der Waals surface area contributed by atoms with Crippen LogP contribution in [0.1, 0.15) is 6.42 Å². The first-order chi connectivity index (χ1) is 10.0. The fourth-order valence-electron chi connectivity index (χ4n) is 2.49. The average Bonchev–Trinajstić information content (AvgIpc) is 2.94. The molecule has 1 aliphatic heterocycles. The number of fused-ring (bicyclic) bond motifs is 1. The number of hydrogen-bond donors (Lipinski definition) is 2. The highest BCUT2D eigenvalue weighted by molar-refractivity contribution is 7.89. The predicted octanol–water partition coefficient (Wildman–Crippen LogP) is 0.00760. The Labute approximate surface area is 127 Å². The molecule has 1 fully saturated rings. The molecule has 2 aromatic rings. The zero-order valence-corrected chi connectivity index (χ0v) is 13.3. The predicted molar refractivity (Wildman–Crippen MR) is 81.8 cm³/mol. The number of hydrogen-bond acceptors (Lipinski definition) is 7.